The van der Waals surface area contributed by atoms with Crippen LogP contribution < -0.4 is 5.32 Å². The summed E-state index contributed by atoms with van der Waals surface area (Å²) < 4.78 is 39.1. The summed E-state index contributed by atoms with van der Waals surface area (Å²) in [6.07, 6.45) is 0.501. The van der Waals surface area contributed by atoms with E-state index in [1.165, 1.54) is 12.1 Å². The summed E-state index contributed by atoms with van der Waals surface area (Å²) in [6, 6.07) is 3.05. The number of likely N-dealkylation sites (tertiary alicyclic amines) is 1. The monoisotopic (exact) mass is 436 g/mol. The van der Waals surface area contributed by atoms with E-state index < -0.39 is 41.6 Å². The fourth-order valence-corrected chi connectivity index (χ4v) is 4.29. The molecule has 5 nitrogen and oxygen atoms in total. The minimum Gasteiger partial charge on any atom is -0.348 e. The van der Waals surface area contributed by atoms with Crippen molar-refractivity contribution < 1.29 is 27.6 Å². The lowest BCUT2D eigenvalue weighted by Gasteiger charge is -2.29. The van der Waals surface area contributed by atoms with Gasteiger partial charge >= 0.3 is 6.18 Å². The van der Waals surface area contributed by atoms with E-state index in [2.05, 4.69) is 5.32 Å². The number of hydrogen-bond acceptors (Lipinski definition) is 3. The number of fused-ring (bicyclic) bond motifs is 1. The molecule has 3 amide bonds. The predicted molar refractivity (Wildman–Crippen MR) is 108 cm³/mol. The van der Waals surface area contributed by atoms with Crippen LogP contribution in [0.25, 0.3) is 0 Å². The zero-order valence-corrected chi connectivity index (χ0v) is 17.8. The third-order valence-corrected chi connectivity index (χ3v) is 5.92. The fourth-order valence-electron chi connectivity index (χ4n) is 4.29. The molecule has 1 N–H and O–H groups in total. The number of amides is 3. The lowest BCUT2D eigenvalue weighted by atomic mass is 9.85. The minimum absolute atomic E-state index is 0.0287. The van der Waals surface area contributed by atoms with E-state index in [1.807, 2.05) is 26.0 Å². The number of carbonyl (C=O) groups excluding carboxylic acids is 3. The van der Waals surface area contributed by atoms with E-state index in [-0.39, 0.29) is 24.2 Å². The maximum Gasteiger partial charge on any atom is 0.416 e. The van der Waals surface area contributed by atoms with Crippen LogP contribution in [0.5, 0.6) is 0 Å². The molecule has 1 fully saturated rings. The van der Waals surface area contributed by atoms with Crippen molar-refractivity contribution in [2.24, 2.45) is 17.8 Å². The quantitative estimate of drug-likeness (QED) is 0.536. The summed E-state index contributed by atoms with van der Waals surface area (Å²) in [5.74, 6) is -2.08. The highest BCUT2D eigenvalue weighted by Crippen LogP contribution is 2.37. The van der Waals surface area contributed by atoms with Gasteiger partial charge in [-0.1, -0.05) is 38.1 Å². The van der Waals surface area contributed by atoms with Crippen molar-refractivity contribution in [2.45, 2.75) is 58.3 Å². The Morgan fingerprint density at radius 1 is 1.10 bits per heavy atom. The molecule has 0 bridgehead atoms. The van der Waals surface area contributed by atoms with Crippen LogP contribution in [0.3, 0.4) is 0 Å². The lowest BCUT2D eigenvalue weighted by Crippen LogP contribution is -2.51. The number of carbonyl (C=O) groups is 3. The first-order valence-electron chi connectivity index (χ1n) is 10.5. The number of alkyl halides is 3. The molecule has 0 radical (unpaired) electrons. The highest BCUT2D eigenvalue weighted by atomic mass is 19.4. The smallest absolute Gasteiger partial charge is 0.348 e. The molecule has 4 atom stereocenters. The van der Waals surface area contributed by atoms with Crippen LogP contribution >= 0.6 is 0 Å². The molecule has 1 heterocycles. The largest absolute Gasteiger partial charge is 0.416 e. The van der Waals surface area contributed by atoms with Crippen molar-refractivity contribution in [3.63, 3.8) is 0 Å². The van der Waals surface area contributed by atoms with Gasteiger partial charge in [0.25, 0.3) is 0 Å². The number of nitrogens with one attached hydrogen (secondary N) is 1. The second kappa shape index (κ2) is 8.85. The standard InChI is InChI=1S/C23H27F3N2O3/c1-13(2)11-19(28-21(30)17-9-4-5-10-18(17)22(28)31)20(29)27-14(3)15-7-6-8-16(12-15)23(24,25)26/h4-8,12-14,17-19H,9-11H2,1-3H3,(H,27,29). The van der Waals surface area contributed by atoms with Crippen LogP contribution in [-0.4, -0.2) is 28.7 Å². The van der Waals surface area contributed by atoms with Gasteiger partial charge in [0, 0.05) is 0 Å². The Bertz CT molecular complexity index is 868. The summed E-state index contributed by atoms with van der Waals surface area (Å²) >= 11 is 0. The van der Waals surface area contributed by atoms with Crippen molar-refractivity contribution in [1.29, 1.82) is 0 Å². The first-order valence-corrected chi connectivity index (χ1v) is 10.5. The first kappa shape index (κ1) is 23.0. The van der Waals surface area contributed by atoms with Gasteiger partial charge in [0.1, 0.15) is 6.04 Å². The molecule has 0 saturated carbocycles. The first-order chi connectivity index (χ1) is 14.5. The molecule has 0 aromatic heterocycles. The van der Waals surface area contributed by atoms with Gasteiger partial charge in [-0.2, -0.15) is 13.2 Å². The van der Waals surface area contributed by atoms with Crippen LogP contribution in [0.1, 0.15) is 57.2 Å². The summed E-state index contributed by atoms with van der Waals surface area (Å²) in [5, 5.41) is 2.71. The summed E-state index contributed by atoms with van der Waals surface area (Å²) in [5.41, 5.74) is -0.505. The Morgan fingerprint density at radius 3 is 2.19 bits per heavy atom. The Labute approximate surface area is 179 Å². The van der Waals surface area contributed by atoms with Gasteiger partial charge in [-0.15, -0.1) is 0 Å². The molecule has 1 aliphatic heterocycles. The molecule has 2 aliphatic rings. The van der Waals surface area contributed by atoms with E-state index in [4.69, 9.17) is 0 Å². The molecule has 31 heavy (non-hydrogen) atoms. The van der Waals surface area contributed by atoms with Crippen LogP contribution in [0.4, 0.5) is 13.2 Å². The highest BCUT2D eigenvalue weighted by molar-refractivity contribution is 6.08. The Morgan fingerprint density at radius 2 is 1.68 bits per heavy atom. The fraction of sp³-hybridized carbons (Fsp3) is 0.522. The van der Waals surface area contributed by atoms with E-state index in [9.17, 15) is 27.6 Å². The number of allylic oxidation sites excluding steroid dienone is 2. The third kappa shape index (κ3) is 4.83. The van der Waals surface area contributed by atoms with Crippen molar-refractivity contribution in [2.75, 3.05) is 0 Å². The maximum atomic E-state index is 13.1. The molecule has 3 rings (SSSR count). The molecule has 0 spiro atoms. The van der Waals surface area contributed by atoms with Crippen molar-refractivity contribution in [1.82, 2.24) is 10.2 Å². The summed E-state index contributed by atoms with van der Waals surface area (Å²) in [7, 11) is 0. The van der Waals surface area contributed by atoms with Gasteiger partial charge in [0.05, 0.1) is 23.4 Å². The lowest BCUT2D eigenvalue weighted by molar-refractivity contribution is -0.148. The Balaban J connectivity index is 1.81. The van der Waals surface area contributed by atoms with E-state index in [1.54, 1.807) is 6.92 Å². The molecule has 1 aliphatic carbocycles. The van der Waals surface area contributed by atoms with Gasteiger partial charge in [-0.05, 0) is 49.8 Å². The Kier molecular flexibility index (Phi) is 6.57. The number of imide groups is 1. The topological polar surface area (TPSA) is 66.5 Å². The van der Waals surface area contributed by atoms with Crippen LogP contribution in [0.2, 0.25) is 0 Å². The van der Waals surface area contributed by atoms with Crippen molar-refractivity contribution in [3.8, 4) is 0 Å². The number of hydrogen-bond donors (Lipinski definition) is 1. The predicted octanol–water partition coefficient (Wildman–Crippen LogP) is 4.25. The normalized spacial score (nSPS) is 23.1. The van der Waals surface area contributed by atoms with Crippen LogP contribution in [0, 0.1) is 17.8 Å². The number of benzene rings is 1. The van der Waals surface area contributed by atoms with Crippen molar-refractivity contribution >= 4 is 17.7 Å². The summed E-state index contributed by atoms with van der Waals surface area (Å²) in [6.45, 7) is 5.35. The SMILES string of the molecule is CC(C)CC(C(=O)NC(C)c1cccc(C(F)(F)F)c1)N1C(=O)C2CC=CCC2C1=O. The average molecular weight is 436 g/mol. The molecular formula is C23H27F3N2O3. The molecule has 4 unspecified atom stereocenters. The van der Waals surface area contributed by atoms with Gasteiger partial charge in [0.15, 0.2) is 0 Å². The second-order valence-electron chi connectivity index (χ2n) is 8.70. The number of nitrogens with zero attached hydrogens (tertiary/aromatic N) is 1. The number of halogens is 3. The van der Waals surface area contributed by atoms with Crippen molar-refractivity contribution in [3.05, 3.63) is 47.5 Å². The van der Waals surface area contributed by atoms with Gasteiger partial charge < -0.3 is 5.32 Å². The Hall–Kier alpha value is -2.64. The molecule has 168 valence electrons. The molecule has 8 heteroatoms. The zero-order valence-electron chi connectivity index (χ0n) is 17.8. The zero-order chi connectivity index (χ0) is 22.9. The average Bonchev–Trinajstić information content (AvgIpc) is 2.96. The van der Waals surface area contributed by atoms with E-state index in [0.29, 0.717) is 18.4 Å². The number of rotatable bonds is 6. The highest BCUT2D eigenvalue weighted by Gasteiger charge is 2.51. The van der Waals surface area contributed by atoms with Crippen LogP contribution in [0.15, 0.2) is 36.4 Å². The van der Waals surface area contributed by atoms with Gasteiger partial charge in [0.2, 0.25) is 17.7 Å². The molecule has 1 aromatic rings. The minimum atomic E-state index is -4.49. The van der Waals surface area contributed by atoms with Gasteiger partial charge in [-0.3, -0.25) is 19.3 Å². The molecule has 1 aromatic carbocycles. The molecule has 1 saturated heterocycles. The third-order valence-electron chi connectivity index (χ3n) is 5.92. The maximum absolute atomic E-state index is 13.1. The van der Waals surface area contributed by atoms with E-state index in [0.717, 1.165) is 17.0 Å². The second-order valence-corrected chi connectivity index (χ2v) is 8.70. The molecular weight excluding hydrogens is 409 g/mol. The summed E-state index contributed by atoms with van der Waals surface area (Å²) in [4.78, 5) is 40.1. The van der Waals surface area contributed by atoms with Crippen LogP contribution in [-0.2, 0) is 20.6 Å². The van der Waals surface area contributed by atoms with Gasteiger partial charge in [-0.25, -0.2) is 0 Å². The van der Waals surface area contributed by atoms with E-state index >= 15 is 0 Å².